The van der Waals surface area contributed by atoms with Crippen LogP contribution in [0.25, 0.3) is 0 Å². The van der Waals surface area contributed by atoms with Gasteiger partial charge in [-0.25, -0.2) is 8.78 Å². The van der Waals surface area contributed by atoms with Crippen LogP contribution in [0.4, 0.5) is 14.5 Å². The predicted octanol–water partition coefficient (Wildman–Crippen LogP) is 2.89. The molecule has 7 heteroatoms. The first-order valence-corrected chi connectivity index (χ1v) is 7.93. The second kappa shape index (κ2) is 6.95. The number of halogens is 2. The maximum Gasteiger partial charge on any atom is 0.277 e. The highest BCUT2D eigenvalue weighted by Crippen LogP contribution is 2.23. The van der Waals surface area contributed by atoms with E-state index in [0.29, 0.717) is 5.69 Å². The molecule has 1 aliphatic rings. The third-order valence-corrected chi connectivity index (χ3v) is 4.04. The molecule has 0 saturated carbocycles. The Balaban J connectivity index is 1.66. The lowest BCUT2D eigenvalue weighted by molar-refractivity contribution is -0.137. The summed E-state index contributed by atoms with van der Waals surface area (Å²) in [6.07, 6.45) is 1.26. The molecule has 1 aliphatic heterocycles. The molecule has 0 saturated heterocycles. The van der Waals surface area contributed by atoms with Gasteiger partial charge in [0.1, 0.15) is 5.70 Å². The molecule has 0 fully saturated rings. The third kappa shape index (κ3) is 3.56. The average molecular weight is 358 g/mol. The van der Waals surface area contributed by atoms with Crippen molar-refractivity contribution >= 4 is 17.5 Å². The Morgan fingerprint density at radius 1 is 1.08 bits per heavy atom. The summed E-state index contributed by atoms with van der Waals surface area (Å²) in [5.41, 5.74) is 2.11. The number of carbonyl (C=O) groups excluding carboxylic acids is 2. The van der Waals surface area contributed by atoms with Crippen LogP contribution in [0, 0.1) is 18.6 Å². The number of hydrogen-bond donors (Lipinski definition) is 2. The fourth-order valence-electron chi connectivity index (χ4n) is 2.61. The normalized spacial score (nSPS) is 14.0. The molecule has 2 amide bonds. The van der Waals surface area contributed by atoms with Gasteiger partial charge in [-0.2, -0.15) is 0 Å². The van der Waals surface area contributed by atoms with E-state index >= 15 is 0 Å². The first kappa shape index (κ1) is 17.6. The lowest BCUT2D eigenvalue weighted by atomic mass is 10.1. The number of nitrogens with zero attached hydrogens (tertiary/aromatic N) is 1. The molecule has 0 aromatic heterocycles. The summed E-state index contributed by atoms with van der Waals surface area (Å²) in [6.45, 7) is 1.90. The summed E-state index contributed by atoms with van der Waals surface area (Å²) < 4.78 is 26.7. The molecule has 3 rings (SSSR count). The Labute approximate surface area is 148 Å². The van der Waals surface area contributed by atoms with Crippen LogP contribution in [0.1, 0.15) is 11.1 Å². The highest BCUT2D eigenvalue weighted by atomic mass is 19.1. The first-order chi connectivity index (χ1) is 12.3. The van der Waals surface area contributed by atoms with E-state index in [1.165, 1.54) is 6.08 Å². The molecule has 26 heavy (non-hydrogen) atoms. The van der Waals surface area contributed by atoms with Crippen molar-refractivity contribution in [2.24, 2.45) is 0 Å². The van der Waals surface area contributed by atoms with Crippen LogP contribution in [-0.2, 0) is 16.0 Å². The van der Waals surface area contributed by atoms with Crippen molar-refractivity contribution < 1.29 is 23.5 Å². The Morgan fingerprint density at radius 2 is 1.69 bits per heavy atom. The zero-order valence-electron chi connectivity index (χ0n) is 13.9. The van der Waals surface area contributed by atoms with Crippen LogP contribution >= 0.6 is 0 Å². The topological polar surface area (TPSA) is 69.6 Å². The lowest BCUT2D eigenvalue weighted by Crippen LogP contribution is -2.34. The summed E-state index contributed by atoms with van der Waals surface area (Å²) in [5, 5.41) is 12.0. The largest absolute Gasteiger partial charge is 0.503 e. The van der Waals surface area contributed by atoms with Gasteiger partial charge < -0.3 is 10.4 Å². The number of anilines is 1. The molecule has 5 nitrogen and oxygen atoms in total. The highest BCUT2D eigenvalue weighted by molar-refractivity contribution is 6.17. The molecule has 1 heterocycles. The number of amides is 2. The number of phenols is 1. The minimum atomic E-state index is -1.08. The van der Waals surface area contributed by atoms with Crippen molar-refractivity contribution in [2.75, 3.05) is 11.9 Å². The van der Waals surface area contributed by atoms with Crippen molar-refractivity contribution in [2.45, 2.75) is 13.3 Å². The molecule has 0 atom stereocenters. The number of rotatable bonds is 5. The first-order valence-electron chi connectivity index (χ1n) is 7.93. The Morgan fingerprint density at radius 3 is 2.31 bits per heavy atom. The van der Waals surface area contributed by atoms with Gasteiger partial charge >= 0.3 is 0 Å². The SMILES string of the molecule is Cc1ccc(NC2=CC(=O)N(CCc3cc(F)c(O)c(F)c3)C2=O)cc1. The lowest BCUT2D eigenvalue weighted by Gasteiger charge is -2.15. The number of aryl methyl sites for hydroxylation is 1. The maximum atomic E-state index is 13.4. The molecule has 2 aromatic carbocycles. The van der Waals surface area contributed by atoms with Crippen LogP contribution in [0.5, 0.6) is 5.75 Å². The van der Waals surface area contributed by atoms with Crippen LogP contribution < -0.4 is 5.32 Å². The fourth-order valence-corrected chi connectivity index (χ4v) is 2.61. The van der Waals surface area contributed by atoms with Crippen LogP contribution in [0.2, 0.25) is 0 Å². The maximum absolute atomic E-state index is 13.4. The molecule has 0 unspecified atom stereocenters. The van der Waals surface area contributed by atoms with Gasteiger partial charge in [0.2, 0.25) is 0 Å². The van der Waals surface area contributed by atoms with E-state index in [0.717, 1.165) is 22.6 Å². The number of carbonyl (C=O) groups is 2. The summed E-state index contributed by atoms with van der Waals surface area (Å²) in [4.78, 5) is 25.4. The van der Waals surface area contributed by atoms with Crippen molar-refractivity contribution in [3.05, 3.63) is 70.9 Å². The molecule has 0 aliphatic carbocycles. The molecule has 0 bridgehead atoms. The summed E-state index contributed by atoms with van der Waals surface area (Å²) in [7, 11) is 0. The van der Waals surface area contributed by atoms with Crippen molar-refractivity contribution in [1.29, 1.82) is 0 Å². The standard InChI is InChI=1S/C19H16F2N2O3/c1-11-2-4-13(5-3-11)22-16-10-17(24)23(19(16)26)7-6-12-8-14(20)18(25)15(21)9-12/h2-5,8-10,22,25H,6-7H2,1H3. The Hall–Kier alpha value is -3.22. The van der Waals surface area contributed by atoms with Gasteiger partial charge in [-0.1, -0.05) is 17.7 Å². The molecule has 0 radical (unpaired) electrons. The number of hydrogen-bond acceptors (Lipinski definition) is 4. The molecular weight excluding hydrogens is 342 g/mol. The number of benzene rings is 2. The van der Waals surface area contributed by atoms with E-state index in [9.17, 15) is 18.4 Å². The quantitative estimate of drug-likeness (QED) is 0.807. The van der Waals surface area contributed by atoms with Crippen LogP contribution in [0.15, 0.2) is 48.2 Å². The number of aromatic hydroxyl groups is 1. The van der Waals surface area contributed by atoms with Gasteiger partial charge in [0.15, 0.2) is 17.4 Å². The van der Waals surface area contributed by atoms with Crippen molar-refractivity contribution in [3.63, 3.8) is 0 Å². The smallest absolute Gasteiger partial charge is 0.277 e. The summed E-state index contributed by atoms with van der Waals surface area (Å²) in [6, 6.07) is 9.27. The van der Waals surface area contributed by atoms with Gasteiger partial charge in [0, 0.05) is 18.3 Å². The molecule has 2 aromatic rings. The Bertz CT molecular complexity index is 884. The van der Waals surface area contributed by atoms with E-state index in [-0.39, 0.29) is 24.2 Å². The molecule has 134 valence electrons. The van der Waals surface area contributed by atoms with Gasteiger partial charge in [-0.05, 0) is 43.2 Å². The minimum absolute atomic E-state index is 0.0309. The number of phenolic OH excluding ortho intramolecular Hbond substituents is 1. The molecule has 0 spiro atoms. The minimum Gasteiger partial charge on any atom is -0.503 e. The second-order valence-corrected chi connectivity index (χ2v) is 6.00. The van der Waals surface area contributed by atoms with Crippen molar-refractivity contribution in [3.8, 4) is 5.75 Å². The zero-order valence-corrected chi connectivity index (χ0v) is 13.9. The average Bonchev–Trinajstić information content (AvgIpc) is 2.86. The number of nitrogens with one attached hydrogen (secondary N) is 1. The van der Waals surface area contributed by atoms with Crippen LogP contribution in [0.3, 0.4) is 0 Å². The molecule has 2 N–H and O–H groups in total. The van der Waals surface area contributed by atoms with Gasteiger partial charge in [-0.3, -0.25) is 14.5 Å². The van der Waals surface area contributed by atoms with Gasteiger partial charge in [-0.15, -0.1) is 0 Å². The van der Waals surface area contributed by atoms with E-state index in [1.807, 2.05) is 19.1 Å². The van der Waals surface area contributed by atoms with E-state index in [4.69, 9.17) is 5.11 Å². The molecular formula is C19H16F2N2O3. The van der Waals surface area contributed by atoms with E-state index in [1.54, 1.807) is 12.1 Å². The monoisotopic (exact) mass is 358 g/mol. The van der Waals surface area contributed by atoms with E-state index in [2.05, 4.69) is 5.32 Å². The zero-order chi connectivity index (χ0) is 18.8. The summed E-state index contributed by atoms with van der Waals surface area (Å²) in [5.74, 6) is -4.22. The summed E-state index contributed by atoms with van der Waals surface area (Å²) >= 11 is 0. The van der Waals surface area contributed by atoms with E-state index < -0.39 is 29.2 Å². The Kier molecular flexibility index (Phi) is 4.71. The second-order valence-electron chi connectivity index (χ2n) is 6.00. The predicted molar refractivity (Wildman–Crippen MR) is 91.3 cm³/mol. The van der Waals surface area contributed by atoms with Crippen LogP contribution in [-0.4, -0.2) is 28.4 Å². The van der Waals surface area contributed by atoms with Gasteiger partial charge in [0.05, 0.1) is 0 Å². The highest BCUT2D eigenvalue weighted by Gasteiger charge is 2.30. The fraction of sp³-hybridized carbons (Fsp3) is 0.158. The number of imide groups is 1. The van der Waals surface area contributed by atoms with Gasteiger partial charge in [0.25, 0.3) is 11.8 Å². The van der Waals surface area contributed by atoms with Crippen molar-refractivity contribution in [1.82, 2.24) is 4.90 Å². The third-order valence-electron chi connectivity index (χ3n) is 4.04.